The number of aliphatic hydroxyl groups excluding tert-OH is 1. The molecule has 0 aliphatic rings. The summed E-state index contributed by atoms with van der Waals surface area (Å²) in [4.78, 5) is 21.9. The van der Waals surface area contributed by atoms with Gasteiger partial charge in [0.2, 0.25) is 0 Å². The van der Waals surface area contributed by atoms with Gasteiger partial charge in [-0.25, -0.2) is 5.43 Å². The van der Waals surface area contributed by atoms with E-state index in [9.17, 15) is 20.0 Å². The van der Waals surface area contributed by atoms with E-state index in [1.807, 2.05) is 0 Å². The van der Waals surface area contributed by atoms with Crippen molar-refractivity contribution in [3.8, 4) is 0 Å². The van der Waals surface area contributed by atoms with Gasteiger partial charge in [0.25, 0.3) is 11.6 Å². The van der Waals surface area contributed by atoms with Crippen molar-refractivity contribution >= 4 is 29.4 Å². The third kappa shape index (κ3) is 4.35. The molecule has 0 fully saturated rings. The molecule has 8 heteroatoms. The molecule has 2 aromatic rings. The Balaban J connectivity index is 2.03. The molecule has 7 nitrogen and oxygen atoms in total. The highest BCUT2D eigenvalue weighted by molar-refractivity contribution is 6.32. The third-order valence-electron chi connectivity index (χ3n) is 2.92. The molecule has 2 N–H and O–H groups in total. The summed E-state index contributed by atoms with van der Waals surface area (Å²) in [6.45, 7) is 0. The molecule has 0 saturated heterocycles. The zero-order valence-electron chi connectivity index (χ0n) is 11.7. The van der Waals surface area contributed by atoms with Crippen molar-refractivity contribution in [3.63, 3.8) is 0 Å². The summed E-state index contributed by atoms with van der Waals surface area (Å²) in [5.41, 5.74) is 2.73. The number of hydrazone groups is 1. The number of aliphatic hydroxyl groups is 1. The minimum Gasteiger partial charge on any atom is -0.378 e. The van der Waals surface area contributed by atoms with E-state index >= 15 is 0 Å². The van der Waals surface area contributed by atoms with Gasteiger partial charge in [-0.1, -0.05) is 48.0 Å². The summed E-state index contributed by atoms with van der Waals surface area (Å²) in [5, 5.41) is 24.3. The summed E-state index contributed by atoms with van der Waals surface area (Å²) in [6.07, 6.45) is -0.133. The van der Waals surface area contributed by atoms with E-state index in [1.54, 1.807) is 30.3 Å². The molecular weight excluding hydrogens is 322 g/mol. The first-order valence-electron chi connectivity index (χ1n) is 6.49. The van der Waals surface area contributed by atoms with Gasteiger partial charge in [0.1, 0.15) is 5.02 Å². The topological polar surface area (TPSA) is 105 Å². The summed E-state index contributed by atoms with van der Waals surface area (Å²) >= 11 is 5.70. The van der Waals surface area contributed by atoms with Crippen molar-refractivity contribution in [2.24, 2.45) is 5.10 Å². The number of benzene rings is 2. The molecule has 118 valence electrons. The van der Waals surface area contributed by atoms with Crippen LogP contribution >= 0.6 is 11.6 Å². The zero-order valence-corrected chi connectivity index (χ0v) is 12.5. The van der Waals surface area contributed by atoms with Gasteiger partial charge in [0.15, 0.2) is 6.10 Å². The number of halogens is 1. The van der Waals surface area contributed by atoms with Crippen LogP contribution < -0.4 is 5.43 Å². The first kappa shape index (κ1) is 16.6. The van der Waals surface area contributed by atoms with Crippen LogP contribution in [-0.4, -0.2) is 22.2 Å². The van der Waals surface area contributed by atoms with E-state index in [0.717, 1.165) is 0 Å². The molecular formula is C15H12ClN3O4. The van der Waals surface area contributed by atoms with E-state index in [-0.39, 0.29) is 10.7 Å². The van der Waals surface area contributed by atoms with Crippen LogP contribution in [0.2, 0.25) is 5.02 Å². The number of nitro benzene ring substituents is 1. The zero-order chi connectivity index (χ0) is 16.8. The van der Waals surface area contributed by atoms with Crippen LogP contribution in [-0.2, 0) is 4.79 Å². The molecule has 1 amide bonds. The van der Waals surface area contributed by atoms with Crippen molar-refractivity contribution in [3.05, 3.63) is 74.8 Å². The van der Waals surface area contributed by atoms with Crippen molar-refractivity contribution < 1.29 is 14.8 Å². The van der Waals surface area contributed by atoms with Gasteiger partial charge < -0.3 is 5.11 Å². The largest absolute Gasteiger partial charge is 0.378 e. The summed E-state index contributed by atoms with van der Waals surface area (Å²) in [6, 6.07) is 12.5. The molecule has 2 aromatic carbocycles. The Morgan fingerprint density at radius 1 is 1.30 bits per heavy atom. The van der Waals surface area contributed by atoms with Crippen molar-refractivity contribution in [2.45, 2.75) is 6.10 Å². The third-order valence-corrected chi connectivity index (χ3v) is 3.24. The average molecular weight is 334 g/mol. The predicted octanol–water partition coefficient (Wildman–Crippen LogP) is 2.43. The van der Waals surface area contributed by atoms with Gasteiger partial charge in [0, 0.05) is 11.6 Å². The Labute approximate surface area is 136 Å². The fourth-order valence-corrected chi connectivity index (χ4v) is 1.95. The standard InChI is InChI=1S/C15H12ClN3O4/c16-12-7-6-10(8-13(12)19(22)23)9-17-18-15(21)14(20)11-4-2-1-3-5-11/h1-9,14,20H,(H,18,21). The second kappa shape index (κ2) is 7.48. The number of amides is 1. The first-order valence-corrected chi connectivity index (χ1v) is 6.86. The second-order valence-electron chi connectivity index (χ2n) is 4.52. The number of nitrogens with zero attached hydrogens (tertiary/aromatic N) is 2. The molecule has 0 aliphatic carbocycles. The van der Waals surface area contributed by atoms with Crippen LogP contribution in [0.15, 0.2) is 53.6 Å². The van der Waals surface area contributed by atoms with Gasteiger partial charge in [-0.05, 0) is 11.6 Å². The van der Waals surface area contributed by atoms with E-state index in [4.69, 9.17) is 11.6 Å². The van der Waals surface area contributed by atoms with Crippen LogP contribution in [0, 0.1) is 10.1 Å². The fraction of sp³-hybridized carbons (Fsp3) is 0.0667. The van der Waals surface area contributed by atoms with Gasteiger partial charge in [-0.15, -0.1) is 0 Å². The van der Waals surface area contributed by atoms with E-state index in [1.165, 1.54) is 24.4 Å². The predicted molar refractivity (Wildman–Crippen MR) is 85.2 cm³/mol. The lowest BCUT2D eigenvalue weighted by Crippen LogP contribution is -2.25. The number of rotatable bonds is 5. The minimum atomic E-state index is -1.35. The molecule has 0 heterocycles. The quantitative estimate of drug-likeness (QED) is 0.498. The number of carbonyl (C=O) groups excluding carboxylic acids is 1. The monoisotopic (exact) mass is 333 g/mol. The fourth-order valence-electron chi connectivity index (χ4n) is 1.77. The number of carbonyl (C=O) groups is 1. The summed E-state index contributed by atoms with van der Waals surface area (Å²) in [5.74, 6) is -0.712. The maximum absolute atomic E-state index is 11.8. The maximum Gasteiger partial charge on any atom is 0.288 e. The molecule has 0 bridgehead atoms. The summed E-state index contributed by atoms with van der Waals surface area (Å²) < 4.78 is 0. The van der Waals surface area contributed by atoms with Gasteiger partial charge in [-0.2, -0.15) is 5.10 Å². The van der Waals surface area contributed by atoms with Crippen molar-refractivity contribution in [1.82, 2.24) is 5.43 Å². The van der Waals surface area contributed by atoms with Crippen molar-refractivity contribution in [2.75, 3.05) is 0 Å². The SMILES string of the molecule is O=C(NN=Cc1ccc(Cl)c([N+](=O)[O-])c1)C(O)c1ccccc1. The van der Waals surface area contributed by atoms with Crippen LogP contribution in [0.3, 0.4) is 0 Å². The van der Waals surface area contributed by atoms with E-state index in [0.29, 0.717) is 11.1 Å². The van der Waals surface area contributed by atoms with Gasteiger partial charge in [0.05, 0.1) is 11.1 Å². The molecule has 0 spiro atoms. The highest BCUT2D eigenvalue weighted by Gasteiger charge is 2.16. The normalized spacial score (nSPS) is 12.1. The Bertz CT molecular complexity index is 750. The lowest BCUT2D eigenvalue weighted by molar-refractivity contribution is -0.384. The number of nitrogens with one attached hydrogen (secondary N) is 1. The van der Waals surface area contributed by atoms with Crippen LogP contribution in [0.25, 0.3) is 0 Å². The Morgan fingerprint density at radius 2 is 2.00 bits per heavy atom. The summed E-state index contributed by atoms with van der Waals surface area (Å²) in [7, 11) is 0. The smallest absolute Gasteiger partial charge is 0.288 e. The van der Waals surface area contributed by atoms with E-state index < -0.39 is 16.9 Å². The van der Waals surface area contributed by atoms with E-state index in [2.05, 4.69) is 10.5 Å². The lowest BCUT2D eigenvalue weighted by Gasteiger charge is -2.08. The Hall–Kier alpha value is -2.77. The number of nitro groups is 1. The molecule has 0 saturated carbocycles. The molecule has 1 unspecified atom stereocenters. The molecule has 1 atom stereocenters. The number of hydrogen-bond donors (Lipinski definition) is 2. The van der Waals surface area contributed by atoms with Crippen LogP contribution in [0.5, 0.6) is 0 Å². The Morgan fingerprint density at radius 3 is 2.65 bits per heavy atom. The average Bonchev–Trinajstić information content (AvgIpc) is 2.56. The lowest BCUT2D eigenvalue weighted by atomic mass is 10.1. The van der Waals surface area contributed by atoms with Gasteiger partial charge >= 0.3 is 0 Å². The highest BCUT2D eigenvalue weighted by Crippen LogP contribution is 2.24. The second-order valence-corrected chi connectivity index (χ2v) is 4.92. The van der Waals surface area contributed by atoms with Crippen LogP contribution in [0.1, 0.15) is 17.2 Å². The van der Waals surface area contributed by atoms with Crippen molar-refractivity contribution in [1.29, 1.82) is 0 Å². The maximum atomic E-state index is 11.8. The molecule has 0 radical (unpaired) electrons. The highest BCUT2D eigenvalue weighted by atomic mass is 35.5. The Kier molecular flexibility index (Phi) is 5.40. The molecule has 2 rings (SSSR count). The van der Waals surface area contributed by atoms with Crippen LogP contribution in [0.4, 0.5) is 5.69 Å². The first-order chi connectivity index (χ1) is 11.0. The van der Waals surface area contributed by atoms with Gasteiger partial charge in [-0.3, -0.25) is 14.9 Å². The molecule has 23 heavy (non-hydrogen) atoms. The minimum absolute atomic E-state index is 0.00989. The molecule has 0 aromatic heterocycles. The number of hydrogen-bond acceptors (Lipinski definition) is 5. The molecule has 0 aliphatic heterocycles.